The minimum atomic E-state index is -0.770. The van der Waals surface area contributed by atoms with Crippen LogP contribution in [0.2, 0.25) is 0 Å². The molecule has 2 N–H and O–H groups in total. The molecule has 0 heterocycles. The summed E-state index contributed by atoms with van der Waals surface area (Å²) in [4.78, 5) is 24.1. The molecule has 0 rings (SSSR count). The Labute approximate surface area is 116 Å². The first-order valence-corrected chi connectivity index (χ1v) is 6.92. The topological polar surface area (TPSA) is 69.6 Å². The number of hydrogen-bond donors (Lipinski definition) is 2. The SMILES string of the molecule is CCC(C)N(C)C(=O)NCCC(C)(C)CCC(=O)O. The molecule has 0 saturated carbocycles. The minimum absolute atomic E-state index is 0.0663. The Morgan fingerprint density at radius 2 is 1.89 bits per heavy atom. The summed E-state index contributed by atoms with van der Waals surface area (Å²) in [6, 6.07) is 0.156. The van der Waals surface area contributed by atoms with Gasteiger partial charge in [-0.05, 0) is 31.6 Å². The Balaban J connectivity index is 4.01. The van der Waals surface area contributed by atoms with E-state index in [0.29, 0.717) is 13.0 Å². The van der Waals surface area contributed by atoms with Crippen molar-refractivity contribution in [1.29, 1.82) is 0 Å². The number of hydrogen-bond acceptors (Lipinski definition) is 2. The van der Waals surface area contributed by atoms with Gasteiger partial charge in [0.1, 0.15) is 0 Å². The molecule has 0 radical (unpaired) electrons. The van der Waals surface area contributed by atoms with Gasteiger partial charge in [0.25, 0.3) is 0 Å². The lowest BCUT2D eigenvalue weighted by Gasteiger charge is -2.27. The van der Waals surface area contributed by atoms with Crippen molar-refractivity contribution in [3.05, 3.63) is 0 Å². The third-order valence-electron chi connectivity index (χ3n) is 3.67. The van der Waals surface area contributed by atoms with E-state index in [4.69, 9.17) is 5.11 Å². The normalized spacial score (nSPS) is 12.9. The summed E-state index contributed by atoms with van der Waals surface area (Å²) >= 11 is 0. The highest BCUT2D eigenvalue weighted by atomic mass is 16.4. The van der Waals surface area contributed by atoms with Crippen LogP contribution in [-0.4, -0.2) is 41.6 Å². The number of carbonyl (C=O) groups is 2. The molecule has 0 aliphatic heterocycles. The third kappa shape index (κ3) is 7.70. The van der Waals surface area contributed by atoms with Gasteiger partial charge in [0, 0.05) is 26.1 Å². The molecule has 2 amide bonds. The van der Waals surface area contributed by atoms with Crippen molar-refractivity contribution in [2.45, 2.75) is 59.4 Å². The monoisotopic (exact) mass is 272 g/mol. The molecule has 1 atom stereocenters. The molecular weight excluding hydrogens is 244 g/mol. The second kappa shape index (κ2) is 8.02. The highest BCUT2D eigenvalue weighted by molar-refractivity contribution is 5.74. The average molecular weight is 272 g/mol. The van der Waals surface area contributed by atoms with E-state index in [1.807, 2.05) is 27.7 Å². The Morgan fingerprint density at radius 1 is 1.32 bits per heavy atom. The van der Waals surface area contributed by atoms with Crippen LogP contribution in [0, 0.1) is 5.41 Å². The molecule has 0 aromatic carbocycles. The number of aliphatic carboxylic acids is 1. The van der Waals surface area contributed by atoms with Crippen molar-refractivity contribution in [1.82, 2.24) is 10.2 Å². The van der Waals surface area contributed by atoms with Gasteiger partial charge >= 0.3 is 12.0 Å². The molecule has 0 aliphatic carbocycles. The molecule has 0 bridgehead atoms. The first-order chi connectivity index (χ1) is 8.69. The number of nitrogens with one attached hydrogen (secondary N) is 1. The molecule has 1 unspecified atom stereocenters. The van der Waals surface area contributed by atoms with Gasteiger partial charge in [-0.25, -0.2) is 4.79 Å². The molecule has 5 heteroatoms. The standard InChI is InChI=1S/C14H28N2O3/c1-6-11(2)16(5)13(19)15-10-9-14(3,4)8-7-12(17)18/h11H,6-10H2,1-5H3,(H,15,19)(H,17,18). The first kappa shape index (κ1) is 17.7. The molecule has 0 aromatic rings. The number of rotatable bonds is 8. The predicted molar refractivity (Wildman–Crippen MR) is 76.2 cm³/mol. The van der Waals surface area contributed by atoms with Crippen molar-refractivity contribution in [2.75, 3.05) is 13.6 Å². The van der Waals surface area contributed by atoms with Crippen LogP contribution in [0.15, 0.2) is 0 Å². The van der Waals surface area contributed by atoms with Crippen molar-refractivity contribution in [3.63, 3.8) is 0 Å². The van der Waals surface area contributed by atoms with Crippen molar-refractivity contribution in [3.8, 4) is 0 Å². The van der Waals surface area contributed by atoms with E-state index in [1.165, 1.54) is 0 Å². The second-order valence-electron chi connectivity index (χ2n) is 5.91. The average Bonchev–Trinajstić information content (AvgIpc) is 2.34. The van der Waals surface area contributed by atoms with E-state index >= 15 is 0 Å². The van der Waals surface area contributed by atoms with E-state index in [0.717, 1.165) is 12.8 Å². The molecule has 0 aromatic heterocycles. The van der Waals surface area contributed by atoms with Crippen LogP contribution in [0.3, 0.4) is 0 Å². The van der Waals surface area contributed by atoms with E-state index in [1.54, 1.807) is 11.9 Å². The Hall–Kier alpha value is -1.26. The molecule has 0 spiro atoms. The number of carboxylic acids is 1. The summed E-state index contributed by atoms with van der Waals surface area (Å²) in [6.07, 6.45) is 2.50. The molecule has 112 valence electrons. The van der Waals surface area contributed by atoms with Gasteiger partial charge in [0.05, 0.1) is 0 Å². The number of nitrogens with zero attached hydrogens (tertiary/aromatic N) is 1. The fraction of sp³-hybridized carbons (Fsp3) is 0.857. The first-order valence-electron chi connectivity index (χ1n) is 6.92. The summed E-state index contributed by atoms with van der Waals surface area (Å²) in [5.41, 5.74) is -0.0688. The number of carboxylic acid groups (broad SMARTS) is 1. The second-order valence-corrected chi connectivity index (χ2v) is 5.91. The van der Waals surface area contributed by atoms with E-state index in [2.05, 4.69) is 5.32 Å². The fourth-order valence-corrected chi connectivity index (χ4v) is 1.68. The Kier molecular flexibility index (Phi) is 7.49. The van der Waals surface area contributed by atoms with E-state index in [-0.39, 0.29) is 23.9 Å². The summed E-state index contributed by atoms with van der Waals surface area (Å²) in [6.45, 7) is 8.69. The smallest absolute Gasteiger partial charge is 0.317 e. The number of amides is 2. The van der Waals surface area contributed by atoms with Crippen LogP contribution in [-0.2, 0) is 4.79 Å². The minimum Gasteiger partial charge on any atom is -0.481 e. The zero-order valence-corrected chi connectivity index (χ0v) is 12.8. The van der Waals surface area contributed by atoms with Crippen molar-refractivity contribution >= 4 is 12.0 Å². The van der Waals surface area contributed by atoms with Crippen molar-refractivity contribution < 1.29 is 14.7 Å². The molecule has 5 nitrogen and oxygen atoms in total. The zero-order chi connectivity index (χ0) is 15.1. The van der Waals surface area contributed by atoms with Gasteiger partial charge in [-0.1, -0.05) is 20.8 Å². The lowest BCUT2D eigenvalue weighted by molar-refractivity contribution is -0.137. The van der Waals surface area contributed by atoms with E-state index in [9.17, 15) is 9.59 Å². The van der Waals surface area contributed by atoms with Gasteiger partial charge in [-0.15, -0.1) is 0 Å². The van der Waals surface area contributed by atoms with Gasteiger partial charge in [0.2, 0.25) is 0 Å². The number of urea groups is 1. The van der Waals surface area contributed by atoms with Crippen LogP contribution >= 0.6 is 0 Å². The van der Waals surface area contributed by atoms with Gasteiger partial charge in [-0.2, -0.15) is 0 Å². The van der Waals surface area contributed by atoms with Crippen LogP contribution in [0.5, 0.6) is 0 Å². The Morgan fingerprint density at radius 3 is 2.37 bits per heavy atom. The summed E-state index contributed by atoms with van der Waals surface area (Å²) in [7, 11) is 1.79. The lowest BCUT2D eigenvalue weighted by atomic mass is 9.84. The fourth-order valence-electron chi connectivity index (χ4n) is 1.68. The summed E-state index contributed by atoms with van der Waals surface area (Å²) in [5, 5.41) is 11.6. The van der Waals surface area contributed by atoms with E-state index < -0.39 is 5.97 Å². The summed E-state index contributed by atoms with van der Waals surface area (Å²) < 4.78 is 0. The largest absolute Gasteiger partial charge is 0.481 e. The summed E-state index contributed by atoms with van der Waals surface area (Å²) in [5.74, 6) is -0.770. The highest BCUT2D eigenvalue weighted by Gasteiger charge is 2.20. The molecular formula is C14H28N2O3. The zero-order valence-electron chi connectivity index (χ0n) is 12.8. The molecule has 19 heavy (non-hydrogen) atoms. The van der Waals surface area contributed by atoms with Gasteiger partial charge < -0.3 is 15.3 Å². The maximum atomic E-state index is 11.8. The molecule has 0 fully saturated rings. The Bertz CT molecular complexity index is 303. The highest BCUT2D eigenvalue weighted by Crippen LogP contribution is 2.25. The molecule has 0 aliphatic rings. The molecule has 0 saturated heterocycles. The van der Waals surface area contributed by atoms with Crippen LogP contribution in [0.4, 0.5) is 4.79 Å². The van der Waals surface area contributed by atoms with Crippen LogP contribution in [0.1, 0.15) is 53.4 Å². The lowest BCUT2D eigenvalue weighted by Crippen LogP contribution is -2.43. The quantitative estimate of drug-likeness (QED) is 0.713. The maximum Gasteiger partial charge on any atom is 0.317 e. The third-order valence-corrected chi connectivity index (χ3v) is 3.67. The van der Waals surface area contributed by atoms with Crippen molar-refractivity contribution in [2.24, 2.45) is 5.41 Å². The number of carbonyl (C=O) groups excluding carboxylic acids is 1. The van der Waals surface area contributed by atoms with Gasteiger partial charge in [-0.3, -0.25) is 4.79 Å². The van der Waals surface area contributed by atoms with Crippen LogP contribution in [0.25, 0.3) is 0 Å². The van der Waals surface area contributed by atoms with Crippen LogP contribution < -0.4 is 5.32 Å². The maximum absolute atomic E-state index is 11.8. The van der Waals surface area contributed by atoms with Gasteiger partial charge in [0.15, 0.2) is 0 Å². The predicted octanol–water partition coefficient (Wildman–Crippen LogP) is 2.71.